The summed E-state index contributed by atoms with van der Waals surface area (Å²) in [6.45, 7) is 6.72. The Morgan fingerprint density at radius 2 is 1.95 bits per heavy atom. The number of hydrogen-bond donors (Lipinski definition) is 1. The van der Waals surface area contributed by atoms with Crippen LogP contribution in [0.25, 0.3) is 0 Å². The molecule has 1 N–H and O–H groups in total. The van der Waals surface area contributed by atoms with Crippen molar-refractivity contribution in [1.82, 2.24) is 10.2 Å². The van der Waals surface area contributed by atoms with Crippen molar-refractivity contribution in [3.63, 3.8) is 0 Å². The average molecular weight is 280 g/mol. The van der Waals surface area contributed by atoms with Gasteiger partial charge in [-0.15, -0.1) is 0 Å². The third kappa shape index (κ3) is 3.74. The summed E-state index contributed by atoms with van der Waals surface area (Å²) in [6, 6.07) is -0.0370. The maximum absolute atomic E-state index is 12.6. The summed E-state index contributed by atoms with van der Waals surface area (Å²) in [6.07, 6.45) is 6.44. The van der Waals surface area contributed by atoms with Gasteiger partial charge in [0.15, 0.2) is 0 Å². The lowest BCUT2D eigenvalue weighted by atomic mass is 9.98. The molecule has 0 spiro atoms. The van der Waals surface area contributed by atoms with Crippen molar-refractivity contribution in [1.29, 1.82) is 0 Å². The zero-order valence-electron chi connectivity index (χ0n) is 13.0. The Morgan fingerprint density at radius 3 is 2.65 bits per heavy atom. The second-order valence-electron chi connectivity index (χ2n) is 6.98. The highest BCUT2D eigenvalue weighted by atomic mass is 16.2. The Hall–Kier alpha value is -1.06. The fraction of sp³-hybridized carbons (Fsp3) is 0.875. The average Bonchev–Trinajstić information content (AvgIpc) is 2.57. The van der Waals surface area contributed by atoms with Crippen molar-refractivity contribution in [3.8, 4) is 0 Å². The van der Waals surface area contributed by atoms with E-state index >= 15 is 0 Å². The number of carbonyl (C=O) groups excluding carboxylic acids is 2. The number of hydrogen-bond acceptors (Lipinski definition) is 2. The van der Waals surface area contributed by atoms with Crippen molar-refractivity contribution in [2.75, 3.05) is 6.54 Å². The van der Waals surface area contributed by atoms with E-state index in [1.807, 2.05) is 4.90 Å². The van der Waals surface area contributed by atoms with Crippen molar-refractivity contribution >= 4 is 11.8 Å². The lowest BCUT2D eigenvalue weighted by molar-refractivity contribution is -0.147. The Morgan fingerprint density at radius 1 is 1.20 bits per heavy atom. The van der Waals surface area contributed by atoms with E-state index in [1.165, 1.54) is 19.3 Å². The summed E-state index contributed by atoms with van der Waals surface area (Å²) in [4.78, 5) is 26.4. The number of carbonyl (C=O) groups is 2. The monoisotopic (exact) mass is 280 g/mol. The third-order valence-electron chi connectivity index (χ3n) is 4.61. The largest absolute Gasteiger partial charge is 0.343 e. The molecule has 0 aromatic rings. The van der Waals surface area contributed by atoms with Crippen LogP contribution in [0.15, 0.2) is 0 Å². The molecule has 2 amide bonds. The van der Waals surface area contributed by atoms with Crippen molar-refractivity contribution < 1.29 is 9.59 Å². The van der Waals surface area contributed by atoms with Gasteiger partial charge in [-0.3, -0.25) is 9.59 Å². The molecule has 4 heteroatoms. The summed E-state index contributed by atoms with van der Waals surface area (Å²) < 4.78 is 0. The molecule has 3 unspecified atom stereocenters. The molecular weight excluding hydrogens is 252 g/mol. The first-order chi connectivity index (χ1) is 9.47. The van der Waals surface area contributed by atoms with Crippen LogP contribution < -0.4 is 5.32 Å². The molecule has 1 aliphatic heterocycles. The number of nitrogens with zero attached hydrogens (tertiary/aromatic N) is 1. The Kier molecular flexibility index (Phi) is 5.06. The quantitative estimate of drug-likeness (QED) is 0.807. The van der Waals surface area contributed by atoms with Gasteiger partial charge in [0.05, 0.1) is 6.54 Å². The maximum atomic E-state index is 12.6. The van der Waals surface area contributed by atoms with Crippen molar-refractivity contribution in [3.05, 3.63) is 0 Å². The van der Waals surface area contributed by atoms with Gasteiger partial charge in [0, 0.05) is 6.04 Å². The van der Waals surface area contributed by atoms with E-state index in [0.717, 1.165) is 25.2 Å². The van der Waals surface area contributed by atoms with Gasteiger partial charge >= 0.3 is 0 Å². The Balaban J connectivity index is 2.05. The minimum absolute atomic E-state index is 0.00699. The summed E-state index contributed by atoms with van der Waals surface area (Å²) in [7, 11) is 0. The topological polar surface area (TPSA) is 49.4 Å². The van der Waals surface area contributed by atoms with Crippen LogP contribution in [0.1, 0.15) is 59.3 Å². The van der Waals surface area contributed by atoms with Gasteiger partial charge < -0.3 is 10.2 Å². The predicted octanol–water partition coefficient (Wildman–Crippen LogP) is 2.33. The van der Waals surface area contributed by atoms with Crippen LogP contribution in [0.3, 0.4) is 0 Å². The molecule has 2 aliphatic rings. The molecule has 0 radical (unpaired) electrons. The first kappa shape index (κ1) is 15.3. The second-order valence-corrected chi connectivity index (χ2v) is 6.98. The summed E-state index contributed by atoms with van der Waals surface area (Å²) >= 11 is 0. The van der Waals surface area contributed by atoms with Crippen LogP contribution in [0.5, 0.6) is 0 Å². The van der Waals surface area contributed by atoms with Crippen LogP contribution in [-0.4, -0.2) is 35.3 Å². The van der Waals surface area contributed by atoms with Gasteiger partial charge in [-0.1, -0.05) is 33.6 Å². The van der Waals surface area contributed by atoms with Gasteiger partial charge in [-0.25, -0.2) is 0 Å². The highest BCUT2D eigenvalue weighted by Crippen LogP contribution is 2.27. The van der Waals surface area contributed by atoms with E-state index in [0.29, 0.717) is 5.92 Å². The maximum Gasteiger partial charge on any atom is 0.245 e. The van der Waals surface area contributed by atoms with Gasteiger partial charge in [0.1, 0.15) is 6.04 Å². The summed E-state index contributed by atoms with van der Waals surface area (Å²) in [5.41, 5.74) is 0. The van der Waals surface area contributed by atoms with Gasteiger partial charge in [-0.2, -0.15) is 0 Å². The molecule has 1 saturated carbocycles. The molecule has 2 fully saturated rings. The van der Waals surface area contributed by atoms with Gasteiger partial charge in [0.25, 0.3) is 0 Å². The van der Waals surface area contributed by atoms with Crippen LogP contribution in [0, 0.1) is 11.8 Å². The van der Waals surface area contributed by atoms with E-state index in [4.69, 9.17) is 0 Å². The molecule has 0 bridgehead atoms. The lowest BCUT2D eigenvalue weighted by Crippen LogP contribution is -2.60. The van der Waals surface area contributed by atoms with E-state index in [1.54, 1.807) is 0 Å². The molecule has 20 heavy (non-hydrogen) atoms. The first-order valence-electron chi connectivity index (χ1n) is 8.07. The Labute approximate surface area is 122 Å². The highest BCUT2D eigenvalue weighted by molar-refractivity contribution is 5.95. The molecule has 1 aliphatic carbocycles. The van der Waals surface area contributed by atoms with E-state index in [9.17, 15) is 9.59 Å². The van der Waals surface area contributed by atoms with Crippen molar-refractivity contribution in [2.45, 2.75) is 71.4 Å². The van der Waals surface area contributed by atoms with Crippen molar-refractivity contribution in [2.24, 2.45) is 11.8 Å². The normalized spacial score (nSPS) is 32.2. The number of piperazine rings is 1. The molecule has 1 heterocycles. The fourth-order valence-corrected chi connectivity index (χ4v) is 3.45. The predicted molar refractivity (Wildman–Crippen MR) is 79.1 cm³/mol. The smallest absolute Gasteiger partial charge is 0.245 e. The molecule has 2 rings (SSSR count). The zero-order valence-corrected chi connectivity index (χ0v) is 13.0. The Bertz CT molecular complexity index is 367. The molecule has 4 nitrogen and oxygen atoms in total. The van der Waals surface area contributed by atoms with E-state index in [-0.39, 0.29) is 30.4 Å². The third-order valence-corrected chi connectivity index (χ3v) is 4.61. The van der Waals surface area contributed by atoms with E-state index in [2.05, 4.69) is 26.1 Å². The molecule has 114 valence electrons. The number of amides is 2. The van der Waals surface area contributed by atoms with Crippen LogP contribution in [0.2, 0.25) is 0 Å². The second kappa shape index (κ2) is 6.59. The zero-order chi connectivity index (χ0) is 14.7. The van der Waals surface area contributed by atoms with Crippen LogP contribution in [0.4, 0.5) is 0 Å². The molecule has 0 aromatic heterocycles. The summed E-state index contributed by atoms with van der Waals surface area (Å²) in [5.74, 6) is 1.31. The minimum Gasteiger partial charge on any atom is -0.343 e. The van der Waals surface area contributed by atoms with E-state index < -0.39 is 0 Å². The fourth-order valence-electron chi connectivity index (χ4n) is 3.45. The number of rotatable bonds is 3. The first-order valence-corrected chi connectivity index (χ1v) is 8.07. The molecule has 0 aromatic carbocycles. The van der Waals surface area contributed by atoms with Gasteiger partial charge in [-0.05, 0) is 37.5 Å². The molecule has 3 atom stereocenters. The minimum atomic E-state index is -0.308. The summed E-state index contributed by atoms with van der Waals surface area (Å²) in [5, 5.41) is 2.86. The van der Waals surface area contributed by atoms with Crippen LogP contribution >= 0.6 is 0 Å². The standard InChI is InChI=1S/C16H28N2O2/c1-11(2)9-14-16(20)18(10-15(19)17-14)13-6-4-5-12(3)7-8-13/h11-14H,4-10H2,1-3H3,(H,17,19). The highest BCUT2D eigenvalue weighted by Gasteiger charge is 2.36. The SMILES string of the molecule is CC(C)CC1NC(=O)CN(C2CCCC(C)CC2)C1=O. The molecular formula is C16H28N2O2. The van der Waals surface area contributed by atoms with Crippen LogP contribution in [-0.2, 0) is 9.59 Å². The number of nitrogens with one attached hydrogen (secondary N) is 1. The molecule has 1 saturated heterocycles. The lowest BCUT2D eigenvalue weighted by Gasteiger charge is -2.38. The van der Waals surface area contributed by atoms with Gasteiger partial charge in [0.2, 0.25) is 11.8 Å².